The van der Waals surface area contributed by atoms with Gasteiger partial charge in [-0.3, -0.25) is 4.90 Å². The number of hydrogen-bond donors (Lipinski definition) is 1. The lowest BCUT2D eigenvalue weighted by atomic mass is 10.0. The van der Waals surface area contributed by atoms with Crippen LogP contribution in [0.2, 0.25) is 0 Å². The Bertz CT molecular complexity index is 514. The second kappa shape index (κ2) is 6.84. The molecule has 1 aromatic rings. The molecule has 0 spiro atoms. The summed E-state index contributed by atoms with van der Waals surface area (Å²) in [5, 5.41) is 3.69. The molecule has 1 aliphatic heterocycles. The van der Waals surface area contributed by atoms with Crippen LogP contribution in [0.3, 0.4) is 0 Å². The lowest BCUT2D eigenvalue weighted by Gasteiger charge is -2.31. The summed E-state index contributed by atoms with van der Waals surface area (Å²) in [6, 6.07) is 2.49. The van der Waals surface area contributed by atoms with Gasteiger partial charge >= 0.3 is 5.97 Å². The van der Waals surface area contributed by atoms with E-state index in [-0.39, 0.29) is 5.97 Å². The number of furan rings is 1. The Balaban J connectivity index is 1.46. The first kappa shape index (κ1) is 15.6. The number of carbonyl (C=O) groups excluding carboxylic acids is 1. The van der Waals surface area contributed by atoms with Crippen molar-refractivity contribution in [3.63, 3.8) is 0 Å². The number of ether oxygens (including phenoxy) is 1. The molecule has 5 heteroatoms. The van der Waals surface area contributed by atoms with E-state index in [4.69, 9.17) is 9.15 Å². The average molecular weight is 306 g/mol. The van der Waals surface area contributed by atoms with Gasteiger partial charge in [0, 0.05) is 19.1 Å². The highest BCUT2D eigenvalue weighted by Gasteiger charge is 2.25. The summed E-state index contributed by atoms with van der Waals surface area (Å²) in [5.41, 5.74) is 0.540. The van der Waals surface area contributed by atoms with E-state index in [0.29, 0.717) is 17.4 Å². The molecule has 2 fully saturated rings. The molecule has 0 amide bonds. The molecule has 122 valence electrons. The number of nitrogens with zero attached hydrogens (tertiary/aromatic N) is 1. The molecule has 1 saturated heterocycles. The van der Waals surface area contributed by atoms with E-state index in [1.165, 1.54) is 39.3 Å². The van der Waals surface area contributed by atoms with Crippen molar-refractivity contribution in [3.8, 4) is 0 Å². The Morgan fingerprint density at radius 2 is 2.09 bits per heavy atom. The molecule has 2 heterocycles. The third kappa shape index (κ3) is 3.90. The van der Waals surface area contributed by atoms with Crippen LogP contribution in [-0.2, 0) is 11.3 Å². The number of esters is 1. The highest BCUT2D eigenvalue weighted by Crippen LogP contribution is 2.28. The van der Waals surface area contributed by atoms with Crippen LogP contribution < -0.4 is 5.32 Å². The van der Waals surface area contributed by atoms with Gasteiger partial charge in [0.15, 0.2) is 0 Å². The SMILES string of the molecule is COC(=O)c1cc(CN2CCC(NCC3CC3)CC2)oc1C. The van der Waals surface area contributed by atoms with Gasteiger partial charge in [-0.1, -0.05) is 0 Å². The molecule has 1 aromatic heterocycles. The predicted molar refractivity (Wildman–Crippen MR) is 83.8 cm³/mol. The van der Waals surface area contributed by atoms with Crippen LogP contribution in [0.15, 0.2) is 10.5 Å². The molecule has 1 saturated carbocycles. The smallest absolute Gasteiger partial charge is 0.341 e. The van der Waals surface area contributed by atoms with Gasteiger partial charge in [-0.15, -0.1) is 0 Å². The van der Waals surface area contributed by atoms with Crippen molar-refractivity contribution < 1.29 is 13.9 Å². The van der Waals surface area contributed by atoms with Crippen molar-refractivity contribution in [2.24, 2.45) is 5.92 Å². The zero-order chi connectivity index (χ0) is 15.5. The van der Waals surface area contributed by atoms with E-state index in [1.54, 1.807) is 0 Å². The Morgan fingerprint density at radius 1 is 1.36 bits per heavy atom. The van der Waals surface area contributed by atoms with Crippen LogP contribution in [-0.4, -0.2) is 43.7 Å². The number of piperidine rings is 1. The maximum absolute atomic E-state index is 11.6. The fraction of sp³-hybridized carbons (Fsp3) is 0.706. The number of nitrogens with one attached hydrogen (secondary N) is 1. The van der Waals surface area contributed by atoms with Gasteiger partial charge in [-0.2, -0.15) is 0 Å². The molecule has 2 aliphatic rings. The Kier molecular flexibility index (Phi) is 4.84. The number of likely N-dealkylation sites (tertiary alicyclic amines) is 1. The number of carbonyl (C=O) groups is 1. The Labute approximate surface area is 132 Å². The van der Waals surface area contributed by atoms with Crippen LogP contribution in [0, 0.1) is 12.8 Å². The lowest BCUT2D eigenvalue weighted by Crippen LogP contribution is -2.42. The number of aryl methyl sites for hydroxylation is 1. The van der Waals surface area contributed by atoms with Crippen LogP contribution in [0.5, 0.6) is 0 Å². The second-order valence-corrected chi connectivity index (χ2v) is 6.58. The number of methoxy groups -OCH3 is 1. The van der Waals surface area contributed by atoms with Gasteiger partial charge in [0.1, 0.15) is 17.1 Å². The van der Waals surface area contributed by atoms with Crippen LogP contribution in [0.25, 0.3) is 0 Å². The molecule has 0 atom stereocenters. The summed E-state index contributed by atoms with van der Waals surface area (Å²) in [7, 11) is 1.40. The minimum Gasteiger partial charge on any atom is -0.465 e. The normalized spacial score (nSPS) is 20.3. The largest absolute Gasteiger partial charge is 0.465 e. The highest BCUT2D eigenvalue weighted by molar-refractivity contribution is 5.90. The molecule has 22 heavy (non-hydrogen) atoms. The van der Waals surface area contributed by atoms with E-state index >= 15 is 0 Å². The van der Waals surface area contributed by atoms with E-state index in [1.807, 2.05) is 13.0 Å². The second-order valence-electron chi connectivity index (χ2n) is 6.58. The molecule has 1 N–H and O–H groups in total. The Hall–Kier alpha value is -1.33. The van der Waals surface area contributed by atoms with Crippen molar-refractivity contribution in [3.05, 3.63) is 23.2 Å². The van der Waals surface area contributed by atoms with Crippen molar-refractivity contribution in [2.75, 3.05) is 26.7 Å². The molecule has 3 rings (SSSR count). The summed E-state index contributed by atoms with van der Waals surface area (Å²) in [6.45, 7) is 5.94. The van der Waals surface area contributed by atoms with E-state index in [9.17, 15) is 4.79 Å². The van der Waals surface area contributed by atoms with Gasteiger partial charge < -0.3 is 14.5 Å². The van der Waals surface area contributed by atoms with Gasteiger partial charge in [-0.25, -0.2) is 4.79 Å². The van der Waals surface area contributed by atoms with Gasteiger partial charge in [0.2, 0.25) is 0 Å². The Morgan fingerprint density at radius 3 is 2.73 bits per heavy atom. The minimum atomic E-state index is -0.324. The standard InChI is InChI=1S/C17H26N2O3/c1-12-16(17(20)21-2)9-15(22-12)11-19-7-5-14(6-8-19)18-10-13-3-4-13/h9,13-14,18H,3-8,10-11H2,1-2H3. The first-order chi connectivity index (χ1) is 10.7. The van der Waals surface area contributed by atoms with Crippen molar-refractivity contribution in [2.45, 2.75) is 45.2 Å². The third-order valence-corrected chi connectivity index (χ3v) is 4.73. The van der Waals surface area contributed by atoms with Crippen molar-refractivity contribution >= 4 is 5.97 Å². The van der Waals surface area contributed by atoms with Gasteiger partial charge in [0.05, 0.1) is 13.7 Å². The number of rotatable bonds is 6. The summed E-state index contributed by atoms with van der Waals surface area (Å²) in [6.07, 6.45) is 5.20. The molecule has 5 nitrogen and oxygen atoms in total. The lowest BCUT2D eigenvalue weighted by molar-refractivity contribution is 0.0599. The summed E-state index contributed by atoms with van der Waals surface area (Å²) in [4.78, 5) is 14.0. The molecular formula is C17H26N2O3. The molecular weight excluding hydrogens is 280 g/mol. The first-order valence-electron chi connectivity index (χ1n) is 8.29. The maximum Gasteiger partial charge on any atom is 0.341 e. The molecule has 0 unspecified atom stereocenters. The van der Waals surface area contributed by atoms with Crippen molar-refractivity contribution in [1.29, 1.82) is 0 Å². The average Bonchev–Trinajstić information content (AvgIpc) is 3.28. The third-order valence-electron chi connectivity index (χ3n) is 4.73. The van der Waals surface area contributed by atoms with Gasteiger partial charge in [0.25, 0.3) is 0 Å². The van der Waals surface area contributed by atoms with Gasteiger partial charge in [-0.05, 0) is 51.1 Å². The van der Waals surface area contributed by atoms with Crippen LogP contribution >= 0.6 is 0 Å². The van der Waals surface area contributed by atoms with E-state index in [0.717, 1.165) is 31.3 Å². The molecule has 0 radical (unpaired) electrons. The number of hydrogen-bond acceptors (Lipinski definition) is 5. The monoisotopic (exact) mass is 306 g/mol. The molecule has 0 bridgehead atoms. The summed E-state index contributed by atoms with van der Waals surface area (Å²) < 4.78 is 10.5. The highest BCUT2D eigenvalue weighted by atomic mass is 16.5. The maximum atomic E-state index is 11.6. The molecule has 1 aliphatic carbocycles. The first-order valence-corrected chi connectivity index (χ1v) is 8.29. The zero-order valence-corrected chi connectivity index (χ0v) is 13.6. The van der Waals surface area contributed by atoms with Crippen LogP contribution in [0.4, 0.5) is 0 Å². The predicted octanol–water partition coefficient (Wildman–Crippen LogP) is 2.34. The minimum absolute atomic E-state index is 0.324. The topological polar surface area (TPSA) is 54.7 Å². The fourth-order valence-corrected chi connectivity index (χ4v) is 3.11. The zero-order valence-electron chi connectivity index (χ0n) is 13.6. The fourth-order valence-electron chi connectivity index (χ4n) is 3.11. The van der Waals surface area contributed by atoms with E-state index < -0.39 is 0 Å². The molecule has 0 aromatic carbocycles. The van der Waals surface area contributed by atoms with Crippen LogP contribution in [0.1, 0.15) is 47.6 Å². The van der Waals surface area contributed by atoms with Crippen molar-refractivity contribution in [1.82, 2.24) is 10.2 Å². The summed E-state index contributed by atoms with van der Waals surface area (Å²) >= 11 is 0. The quantitative estimate of drug-likeness (QED) is 0.818. The summed E-state index contributed by atoms with van der Waals surface area (Å²) in [5.74, 6) is 2.11. The van der Waals surface area contributed by atoms with E-state index in [2.05, 4.69) is 10.2 Å².